The number of nitrogens with one attached hydrogen (secondary N) is 5. The second kappa shape index (κ2) is 32.7. The van der Waals surface area contributed by atoms with Crippen molar-refractivity contribution < 1.29 is 76.0 Å². The fourth-order valence-electron chi connectivity index (χ4n) is 6.59. The lowest BCUT2D eigenvalue weighted by molar-refractivity contribution is -0.136. The maximum atomic E-state index is 13.5. The molecule has 4 amide bonds. The van der Waals surface area contributed by atoms with Crippen molar-refractivity contribution in [3.63, 3.8) is 0 Å². The molecule has 1 atom stereocenters. The first-order valence-corrected chi connectivity index (χ1v) is 23.6. The molecule has 0 saturated carbocycles. The predicted octanol–water partition coefficient (Wildman–Crippen LogP) is 1.69. The minimum atomic E-state index is -1.02. The summed E-state index contributed by atoms with van der Waals surface area (Å²) in [6, 6.07) is 8.01. The third-order valence-electron chi connectivity index (χ3n) is 9.99. The third kappa shape index (κ3) is 19.2. The molecule has 6 N–H and O–H groups in total. The van der Waals surface area contributed by atoms with E-state index in [1.807, 2.05) is 5.48 Å². The number of carbonyl (C=O) groups is 4. The van der Waals surface area contributed by atoms with Crippen LogP contribution in [0.3, 0.4) is 0 Å². The molecule has 1 saturated heterocycles. The van der Waals surface area contributed by atoms with Gasteiger partial charge in [-0.2, -0.15) is 0 Å². The number of amides is 4. The number of benzene rings is 2. The second-order valence-corrected chi connectivity index (χ2v) is 15.8. The smallest absolute Gasteiger partial charge is 0.264 e. The van der Waals surface area contributed by atoms with Crippen LogP contribution >= 0.6 is 15.9 Å². The minimum absolute atomic E-state index is 0.0289. The van der Waals surface area contributed by atoms with Gasteiger partial charge in [-0.3, -0.25) is 40.1 Å². The van der Waals surface area contributed by atoms with E-state index in [4.69, 9.17) is 47.3 Å². The number of aliphatic imine (C=N–C) groups is 1. The summed E-state index contributed by atoms with van der Waals surface area (Å²) in [5.41, 5.74) is 3.37. The van der Waals surface area contributed by atoms with E-state index in [-0.39, 0.29) is 45.8 Å². The Bertz CT molecular complexity index is 2110. The number of imide groups is 2. The number of aromatic nitrogens is 2. The molecule has 3 heterocycles. The molecule has 386 valence electrons. The summed E-state index contributed by atoms with van der Waals surface area (Å²) in [6.07, 6.45) is 0.152. The van der Waals surface area contributed by atoms with E-state index in [2.05, 4.69) is 52.5 Å². The number of piperidine rings is 1. The molecule has 0 spiro atoms. The van der Waals surface area contributed by atoms with Crippen molar-refractivity contribution in [3.8, 4) is 0 Å². The number of nitrogens with zero attached hydrogens (tertiary/aromatic N) is 4. The van der Waals surface area contributed by atoms with Gasteiger partial charge in [0.1, 0.15) is 11.9 Å². The molecule has 5 rings (SSSR count). The van der Waals surface area contributed by atoms with Crippen LogP contribution in [0.1, 0.15) is 39.3 Å². The molecule has 1 aromatic heterocycles. The van der Waals surface area contributed by atoms with Crippen molar-refractivity contribution in [1.29, 1.82) is 0 Å². The molecule has 0 aliphatic carbocycles. The molecular formula is C44H61BrFN9O15. The van der Waals surface area contributed by atoms with Crippen LogP contribution in [-0.4, -0.2) is 201 Å². The average Bonchev–Trinajstić information content (AvgIpc) is 3.93. The van der Waals surface area contributed by atoms with E-state index in [9.17, 15) is 28.8 Å². The molecule has 1 unspecified atom stereocenters. The molecule has 2 aromatic carbocycles. The Balaban J connectivity index is 0.709. The van der Waals surface area contributed by atoms with Gasteiger partial charge < -0.3 is 58.6 Å². The molecule has 1 fully saturated rings. The van der Waals surface area contributed by atoms with Gasteiger partial charge in [0.15, 0.2) is 11.5 Å². The van der Waals surface area contributed by atoms with Crippen molar-refractivity contribution in [1.82, 2.24) is 31.3 Å². The van der Waals surface area contributed by atoms with Gasteiger partial charge in [-0.25, -0.2) is 14.0 Å². The van der Waals surface area contributed by atoms with Crippen LogP contribution < -0.4 is 26.7 Å². The zero-order chi connectivity index (χ0) is 49.6. The van der Waals surface area contributed by atoms with Crippen LogP contribution in [-0.2, 0) is 52.2 Å². The van der Waals surface area contributed by atoms with E-state index in [1.54, 1.807) is 18.2 Å². The van der Waals surface area contributed by atoms with Crippen LogP contribution in [0.15, 0.2) is 50.5 Å². The Kier molecular flexibility index (Phi) is 26.1. The van der Waals surface area contributed by atoms with E-state index < -0.39 is 35.5 Å². The van der Waals surface area contributed by atoms with Gasteiger partial charge in [0, 0.05) is 38.3 Å². The first-order chi connectivity index (χ1) is 34.3. The van der Waals surface area contributed by atoms with Crippen LogP contribution in [0.4, 0.5) is 21.6 Å². The Labute approximate surface area is 411 Å². The molecular weight excluding hydrogens is 993 g/mol. The Hall–Kier alpha value is -5.10. The normalized spacial score (nSPS) is 14.9. The van der Waals surface area contributed by atoms with Crippen molar-refractivity contribution in [2.24, 2.45) is 4.99 Å². The summed E-state index contributed by atoms with van der Waals surface area (Å²) < 4.78 is 68.3. The number of carbonyl (C=O) groups excluding carboxylic acids is 4. The first-order valence-electron chi connectivity index (χ1n) is 22.8. The SMILES string of the molecule is O=C1CCC(N2C(=O)c3cccc(NCCOCCOCCOCCOCCOCCOCCOCCOCCOCCNCCNc4nonc4C(=Nc4ccc(F)c(Br)c4)NO)c3C2=O)C(=O)N1. The van der Waals surface area contributed by atoms with Gasteiger partial charge in [-0.1, -0.05) is 6.07 Å². The number of hydrogen-bond donors (Lipinski definition) is 6. The van der Waals surface area contributed by atoms with E-state index >= 15 is 0 Å². The number of hydrogen-bond acceptors (Lipinski definition) is 21. The summed E-state index contributed by atoms with van der Waals surface area (Å²) in [5.74, 6) is -2.40. The fourth-order valence-corrected chi connectivity index (χ4v) is 6.96. The van der Waals surface area contributed by atoms with Crippen LogP contribution in [0.2, 0.25) is 0 Å². The lowest BCUT2D eigenvalue weighted by Crippen LogP contribution is -2.54. The zero-order valence-corrected chi connectivity index (χ0v) is 40.3. The van der Waals surface area contributed by atoms with Crippen molar-refractivity contribution in [2.75, 3.05) is 156 Å². The predicted molar refractivity (Wildman–Crippen MR) is 250 cm³/mol. The Morgan fingerprint density at radius 1 is 0.714 bits per heavy atom. The van der Waals surface area contributed by atoms with Gasteiger partial charge >= 0.3 is 0 Å². The summed E-state index contributed by atoms with van der Waals surface area (Å²) in [4.78, 5) is 55.2. The van der Waals surface area contributed by atoms with Crippen LogP contribution in [0.5, 0.6) is 0 Å². The average molecular weight is 1050 g/mol. The third-order valence-corrected chi connectivity index (χ3v) is 10.6. The summed E-state index contributed by atoms with van der Waals surface area (Å²) in [7, 11) is 0. The highest BCUT2D eigenvalue weighted by Gasteiger charge is 2.45. The van der Waals surface area contributed by atoms with E-state index in [0.717, 1.165) is 4.90 Å². The van der Waals surface area contributed by atoms with Gasteiger partial charge in [-0.05, 0) is 63.0 Å². The van der Waals surface area contributed by atoms with Crippen molar-refractivity contribution in [2.45, 2.75) is 18.9 Å². The molecule has 0 bridgehead atoms. The summed E-state index contributed by atoms with van der Waals surface area (Å²) in [5, 5.41) is 28.8. The van der Waals surface area contributed by atoms with Crippen LogP contribution in [0.25, 0.3) is 0 Å². The van der Waals surface area contributed by atoms with Crippen molar-refractivity contribution in [3.05, 3.63) is 63.5 Å². The number of amidine groups is 1. The van der Waals surface area contributed by atoms with Crippen molar-refractivity contribution >= 4 is 62.6 Å². The van der Waals surface area contributed by atoms with Gasteiger partial charge in [0.05, 0.1) is 140 Å². The second-order valence-electron chi connectivity index (χ2n) is 14.9. The highest BCUT2D eigenvalue weighted by atomic mass is 79.9. The van der Waals surface area contributed by atoms with Gasteiger partial charge in [0.2, 0.25) is 17.6 Å². The lowest BCUT2D eigenvalue weighted by Gasteiger charge is -2.27. The van der Waals surface area contributed by atoms with Gasteiger partial charge in [0.25, 0.3) is 11.8 Å². The summed E-state index contributed by atoms with van der Waals surface area (Å²) >= 11 is 3.10. The number of fused-ring (bicyclic) bond motifs is 1. The quantitative estimate of drug-likeness (QED) is 0.0157. The molecule has 70 heavy (non-hydrogen) atoms. The molecule has 2 aliphatic heterocycles. The molecule has 2 aliphatic rings. The van der Waals surface area contributed by atoms with Crippen LogP contribution in [0, 0.1) is 5.82 Å². The fraction of sp³-hybridized carbons (Fsp3) is 0.568. The maximum absolute atomic E-state index is 13.5. The van der Waals surface area contributed by atoms with E-state index in [0.29, 0.717) is 156 Å². The highest BCUT2D eigenvalue weighted by molar-refractivity contribution is 9.10. The molecule has 26 heteroatoms. The standard InChI is InChI=1S/C44H61BrFN9O15/c45-33-30-31(4-5-34(33)46)50-41(52-60)39-40(54-70-53-39)49-9-8-47-10-12-61-14-16-63-18-20-65-22-24-67-26-28-69-29-27-68-25-23-66-21-19-64-17-15-62-13-11-48-35-3-1-2-32-38(35)44(59)55(43(32)58)36-6-7-37(56)51-42(36)57/h1-5,30,36,47-48,60H,6-29H2,(H,49,54)(H,50,52)(H,51,56,57). The highest BCUT2D eigenvalue weighted by Crippen LogP contribution is 2.32. The Morgan fingerprint density at radius 2 is 1.27 bits per heavy atom. The largest absolute Gasteiger partial charge is 0.382 e. The molecule has 24 nitrogen and oxygen atoms in total. The summed E-state index contributed by atoms with van der Waals surface area (Å²) in [6.45, 7) is 9.71. The first kappa shape index (κ1) is 55.8. The Morgan fingerprint density at radius 3 is 1.81 bits per heavy atom. The minimum Gasteiger partial charge on any atom is -0.382 e. The number of hydroxylamine groups is 1. The topological polar surface area (TPSA) is 286 Å². The zero-order valence-electron chi connectivity index (χ0n) is 38.7. The van der Waals surface area contributed by atoms with Gasteiger partial charge in [-0.15, -0.1) is 0 Å². The monoisotopic (exact) mass is 1050 g/mol. The van der Waals surface area contributed by atoms with E-state index in [1.165, 1.54) is 18.2 Å². The maximum Gasteiger partial charge on any atom is 0.264 e. The molecule has 3 aromatic rings. The number of ether oxygens (including phenoxy) is 9. The number of halogens is 2. The molecule has 0 radical (unpaired) electrons. The number of rotatable bonds is 38. The number of anilines is 2. The lowest BCUT2D eigenvalue weighted by atomic mass is 10.0.